The molecule has 1 amide bonds. The predicted octanol–water partition coefficient (Wildman–Crippen LogP) is 6.98. The number of carbonyl (C=O) groups is 2. The first kappa shape index (κ1) is 26.7. The highest BCUT2D eigenvalue weighted by molar-refractivity contribution is 7.93. The van der Waals surface area contributed by atoms with Crippen LogP contribution in [-0.4, -0.2) is 27.1 Å². The molecule has 0 aliphatic rings. The van der Waals surface area contributed by atoms with Gasteiger partial charge in [0, 0.05) is 10.9 Å². The Kier molecular flexibility index (Phi) is 7.39. The highest BCUT2D eigenvalue weighted by atomic mass is 32.2. The number of rotatable bonds is 7. The van der Waals surface area contributed by atoms with Crippen molar-refractivity contribution in [3.05, 3.63) is 114 Å². The van der Waals surface area contributed by atoms with Crippen molar-refractivity contribution in [2.75, 3.05) is 10.9 Å². The third-order valence-corrected chi connectivity index (χ3v) is 7.80. The van der Waals surface area contributed by atoms with Crippen LogP contribution in [0.15, 0.2) is 112 Å². The smallest absolute Gasteiger partial charge is 0.434 e. The van der Waals surface area contributed by atoms with Gasteiger partial charge < -0.3 is 13.9 Å². The molecule has 0 radical (unpaired) electrons. The average Bonchev–Trinajstić information content (AvgIpc) is 3.33. The molecular weight excluding hydrogens is 530 g/mol. The lowest BCUT2D eigenvalue weighted by Crippen LogP contribution is -2.39. The molecule has 1 heterocycles. The molecule has 0 fully saturated rings. The van der Waals surface area contributed by atoms with Crippen LogP contribution in [0.4, 0.5) is 10.5 Å². The molecule has 0 unspecified atom stereocenters. The van der Waals surface area contributed by atoms with E-state index < -0.39 is 22.1 Å². The van der Waals surface area contributed by atoms with Crippen molar-refractivity contribution in [3.63, 3.8) is 0 Å². The van der Waals surface area contributed by atoms with E-state index in [2.05, 4.69) is 0 Å². The van der Waals surface area contributed by atoms with E-state index in [9.17, 15) is 18.0 Å². The molecule has 0 saturated carbocycles. The monoisotopic (exact) mass is 555 g/mol. The van der Waals surface area contributed by atoms with Crippen molar-refractivity contribution in [2.45, 2.75) is 18.7 Å². The minimum Gasteiger partial charge on any atom is -0.462 e. The van der Waals surface area contributed by atoms with Gasteiger partial charge in [-0.2, -0.15) is 4.31 Å². The number of esters is 1. The van der Waals surface area contributed by atoms with Gasteiger partial charge in [-0.25, -0.2) is 18.0 Å². The first-order valence-electron chi connectivity index (χ1n) is 12.5. The van der Waals surface area contributed by atoms with Crippen molar-refractivity contribution in [2.24, 2.45) is 0 Å². The second-order valence-corrected chi connectivity index (χ2v) is 10.6. The quantitative estimate of drug-likeness (QED) is 0.200. The van der Waals surface area contributed by atoms with Gasteiger partial charge in [-0.15, -0.1) is 0 Å². The minimum absolute atomic E-state index is 0.0417. The molecule has 0 aliphatic carbocycles. The number of nitrogens with zero attached hydrogens (tertiary/aromatic N) is 1. The van der Waals surface area contributed by atoms with E-state index in [1.54, 1.807) is 73.7 Å². The summed E-state index contributed by atoms with van der Waals surface area (Å²) in [6, 6.07) is 27.6. The lowest BCUT2D eigenvalue weighted by molar-refractivity contribution is 0.0528. The number of carbonyl (C=O) groups excluding carboxylic acids is 2. The SMILES string of the molecule is CCOC(=O)c1c(-c2ccccc2)oc2ccc(N(C(=O)Oc3ccccc3)S(=O)(=O)c3ccc(C)cc3)cc12. The van der Waals surface area contributed by atoms with Gasteiger partial charge in [-0.1, -0.05) is 66.2 Å². The topological polar surface area (TPSA) is 103 Å². The molecule has 8 nitrogen and oxygen atoms in total. The van der Waals surface area contributed by atoms with E-state index >= 15 is 0 Å². The van der Waals surface area contributed by atoms with Gasteiger partial charge >= 0.3 is 12.1 Å². The Morgan fingerprint density at radius 1 is 0.850 bits per heavy atom. The minimum atomic E-state index is -4.44. The van der Waals surface area contributed by atoms with E-state index in [0.717, 1.165) is 5.56 Å². The van der Waals surface area contributed by atoms with Crippen LogP contribution < -0.4 is 9.04 Å². The molecular formula is C31H25NO7S. The Balaban J connectivity index is 1.70. The van der Waals surface area contributed by atoms with Crippen molar-refractivity contribution < 1.29 is 31.9 Å². The van der Waals surface area contributed by atoms with Gasteiger partial charge in [0.15, 0.2) is 0 Å². The van der Waals surface area contributed by atoms with Crippen LogP contribution in [0.2, 0.25) is 0 Å². The van der Waals surface area contributed by atoms with Crippen molar-refractivity contribution in [3.8, 4) is 17.1 Å². The fourth-order valence-corrected chi connectivity index (χ4v) is 5.51. The van der Waals surface area contributed by atoms with Gasteiger partial charge in [0.1, 0.15) is 22.7 Å². The van der Waals surface area contributed by atoms with Crippen LogP contribution in [0.25, 0.3) is 22.3 Å². The number of benzene rings is 4. The lowest BCUT2D eigenvalue weighted by atomic mass is 10.1. The Morgan fingerprint density at radius 2 is 1.50 bits per heavy atom. The zero-order valence-electron chi connectivity index (χ0n) is 21.7. The fraction of sp³-hybridized carbons (Fsp3) is 0.0968. The highest BCUT2D eigenvalue weighted by Gasteiger charge is 2.34. The maximum atomic E-state index is 13.9. The summed E-state index contributed by atoms with van der Waals surface area (Å²) in [6.45, 7) is 3.63. The zero-order valence-corrected chi connectivity index (χ0v) is 22.6. The third-order valence-electron chi connectivity index (χ3n) is 6.09. The first-order valence-corrected chi connectivity index (χ1v) is 13.9. The van der Waals surface area contributed by atoms with Crippen LogP contribution in [0.5, 0.6) is 5.75 Å². The summed E-state index contributed by atoms with van der Waals surface area (Å²) in [6.07, 6.45) is -1.14. The Hall–Kier alpha value is -4.89. The number of aryl methyl sites for hydroxylation is 1. The number of hydrogen-bond acceptors (Lipinski definition) is 7. The number of anilines is 1. The van der Waals surface area contributed by atoms with Crippen LogP contribution in [-0.2, 0) is 14.8 Å². The molecule has 1 aromatic heterocycles. The van der Waals surface area contributed by atoms with Crippen LogP contribution in [0, 0.1) is 6.92 Å². The first-order chi connectivity index (χ1) is 19.3. The number of sulfonamides is 1. The Morgan fingerprint density at radius 3 is 2.15 bits per heavy atom. The van der Waals surface area contributed by atoms with Crippen LogP contribution in [0.1, 0.15) is 22.8 Å². The molecule has 5 rings (SSSR count). The molecule has 9 heteroatoms. The largest absolute Gasteiger partial charge is 0.462 e. The van der Waals surface area contributed by atoms with E-state index in [0.29, 0.717) is 15.5 Å². The number of furan rings is 1. The van der Waals surface area contributed by atoms with E-state index in [1.807, 2.05) is 13.0 Å². The number of fused-ring (bicyclic) bond motifs is 1. The maximum absolute atomic E-state index is 13.9. The normalized spacial score (nSPS) is 11.2. The molecule has 0 bridgehead atoms. The van der Waals surface area contributed by atoms with Crippen molar-refractivity contribution >= 4 is 38.7 Å². The van der Waals surface area contributed by atoms with Crippen LogP contribution >= 0.6 is 0 Å². The van der Waals surface area contributed by atoms with E-state index in [4.69, 9.17) is 13.9 Å². The van der Waals surface area contributed by atoms with Crippen LogP contribution in [0.3, 0.4) is 0 Å². The third kappa shape index (κ3) is 5.19. The molecule has 0 atom stereocenters. The number of para-hydroxylation sites is 1. The second-order valence-electron chi connectivity index (χ2n) is 8.84. The highest BCUT2D eigenvalue weighted by Crippen LogP contribution is 2.37. The molecule has 5 aromatic rings. The summed E-state index contributed by atoms with van der Waals surface area (Å²) in [5.41, 5.74) is 1.88. The maximum Gasteiger partial charge on any atom is 0.434 e. The summed E-state index contributed by atoms with van der Waals surface area (Å²) >= 11 is 0. The molecule has 0 aliphatic heterocycles. The standard InChI is InChI=1S/C31H25NO7S/c1-3-37-30(33)28-26-20-23(16-19-27(26)39-29(28)22-10-6-4-7-11-22)32(31(34)38-24-12-8-5-9-13-24)40(35,36)25-17-14-21(2)15-18-25/h4-20H,3H2,1-2H3. The fourth-order valence-electron chi connectivity index (χ4n) is 4.20. The van der Waals surface area contributed by atoms with Gasteiger partial charge in [0.2, 0.25) is 0 Å². The number of ether oxygens (including phenoxy) is 2. The number of amides is 1. The molecule has 40 heavy (non-hydrogen) atoms. The van der Waals surface area contributed by atoms with Gasteiger partial charge in [-0.3, -0.25) is 0 Å². The lowest BCUT2D eigenvalue weighted by Gasteiger charge is -2.22. The van der Waals surface area contributed by atoms with Crippen molar-refractivity contribution in [1.29, 1.82) is 0 Å². The van der Waals surface area contributed by atoms with Gasteiger partial charge in [0.05, 0.1) is 17.2 Å². The summed E-state index contributed by atoms with van der Waals surface area (Å²) in [5.74, 6) is -0.206. The summed E-state index contributed by atoms with van der Waals surface area (Å²) in [7, 11) is -4.44. The summed E-state index contributed by atoms with van der Waals surface area (Å²) in [4.78, 5) is 26.5. The zero-order chi connectivity index (χ0) is 28.3. The van der Waals surface area contributed by atoms with E-state index in [1.165, 1.54) is 30.3 Å². The Bertz CT molecular complexity index is 1780. The molecule has 4 aromatic carbocycles. The predicted molar refractivity (Wildman–Crippen MR) is 151 cm³/mol. The molecule has 0 spiro atoms. The van der Waals surface area contributed by atoms with Gasteiger partial charge in [0.25, 0.3) is 10.0 Å². The number of hydrogen-bond donors (Lipinski definition) is 0. The summed E-state index contributed by atoms with van der Waals surface area (Å²) in [5, 5.41) is 0.284. The molecule has 0 saturated heterocycles. The average molecular weight is 556 g/mol. The Labute approximate surface area is 231 Å². The van der Waals surface area contributed by atoms with Crippen molar-refractivity contribution in [1.82, 2.24) is 0 Å². The summed E-state index contributed by atoms with van der Waals surface area (Å²) < 4.78 is 45.1. The van der Waals surface area contributed by atoms with E-state index in [-0.39, 0.29) is 39.6 Å². The van der Waals surface area contributed by atoms with Gasteiger partial charge in [-0.05, 0) is 56.3 Å². The molecule has 0 N–H and O–H groups in total. The molecule has 202 valence electrons. The second kappa shape index (κ2) is 11.1.